The highest BCUT2D eigenvalue weighted by Gasteiger charge is 2.42. The fourth-order valence-corrected chi connectivity index (χ4v) is 1.82. The van der Waals surface area contributed by atoms with Gasteiger partial charge in [0.05, 0.1) is 18.9 Å². The topological polar surface area (TPSA) is 26.3 Å². The van der Waals surface area contributed by atoms with Crippen molar-refractivity contribution in [1.29, 1.82) is 0 Å². The summed E-state index contributed by atoms with van der Waals surface area (Å²) in [4.78, 5) is 11.0. The summed E-state index contributed by atoms with van der Waals surface area (Å²) in [5.41, 5.74) is 0. The SMILES string of the molecule is COC(=O)C1CCC(C(F)(F)F)CC1.Cl. The molecule has 0 spiro atoms. The van der Waals surface area contributed by atoms with Crippen LogP contribution in [0.2, 0.25) is 0 Å². The van der Waals surface area contributed by atoms with E-state index in [1.807, 2.05) is 0 Å². The summed E-state index contributed by atoms with van der Waals surface area (Å²) in [5, 5.41) is 0. The molecule has 0 radical (unpaired) electrons. The summed E-state index contributed by atoms with van der Waals surface area (Å²) in [6.45, 7) is 0. The van der Waals surface area contributed by atoms with Crippen LogP contribution in [0.4, 0.5) is 13.2 Å². The Bertz CT molecular complexity index is 210. The fraction of sp³-hybridized carbons (Fsp3) is 0.889. The van der Waals surface area contributed by atoms with Crippen molar-refractivity contribution in [2.75, 3.05) is 7.11 Å². The molecule has 0 aromatic rings. The van der Waals surface area contributed by atoms with Gasteiger partial charge >= 0.3 is 12.1 Å². The molecule has 0 N–H and O–H groups in total. The summed E-state index contributed by atoms with van der Waals surface area (Å²) in [6, 6.07) is 0. The Kier molecular flexibility index (Phi) is 5.42. The molecule has 0 atom stereocenters. The van der Waals surface area contributed by atoms with Crippen molar-refractivity contribution in [2.24, 2.45) is 11.8 Å². The van der Waals surface area contributed by atoms with Gasteiger partial charge in [-0.3, -0.25) is 4.79 Å². The molecule has 1 fully saturated rings. The predicted octanol–water partition coefficient (Wildman–Crippen LogP) is 2.95. The van der Waals surface area contributed by atoms with Gasteiger partial charge in [-0.05, 0) is 25.7 Å². The molecule has 0 heterocycles. The molecular formula is C9H14ClF3O2. The van der Waals surface area contributed by atoms with Crippen LogP contribution in [-0.4, -0.2) is 19.3 Å². The molecule has 1 aliphatic rings. The third-order valence-corrected chi connectivity index (χ3v) is 2.72. The summed E-state index contributed by atoms with van der Waals surface area (Å²) in [6.07, 6.45) is -3.44. The van der Waals surface area contributed by atoms with Crippen LogP contribution < -0.4 is 0 Å². The Morgan fingerprint density at radius 1 is 1.20 bits per heavy atom. The van der Waals surface area contributed by atoms with E-state index in [2.05, 4.69) is 4.74 Å². The van der Waals surface area contributed by atoms with Crippen LogP contribution in [0.5, 0.6) is 0 Å². The number of halogens is 4. The van der Waals surface area contributed by atoms with Crippen molar-refractivity contribution in [1.82, 2.24) is 0 Å². The van der Waals surface area contributed by atoms with Gasteiger partial charge in [-0.2, -0.15) is 13.2 Å². The summed E-state index contributed by atoms with van der Waals surface area (Å²) in [7, 11) is 1.26. The maximum absolute atomic E-state index is 12.2. The van der Waals surface area contributed by atoms with Crippen LogP contribution in [0.1, 0.15) is 25.7 Å². The van der Waals surface area contributed by atoms with Gasteiger partial charge in [0.1, 0.15) is 0 Å². The zero-order valence-corrected chi connectivity index (χ0v) is 9.16. The molecule has 0 amide bonds. The monoisotopic (exact) mass is 246 g/mol. The Balaban J connectivity index is 0.00000196. The molecule has 0 bridgehead atoms. The van der Waals surface area contributed by atoms with Crippen molar-refractivity contribution in [3.63, 3.8) is 0 Å². The lowest BCUT2D eigenvalue weighted by Gasteiger charge is -2.28. The molecule has 15 heavy (non-hydrogen) atoms. The Morgan fingerprint density at radius 2 is 1.67 bits per heavy atom. The minimum Gasteiger partial charge on any atom is -0.469 e. The second kappa shape index (κ2) is 5.58. The van der Waals surface area contributed by atoms with E-state index in [0.717, 1.165) is 0 Å². The van der Waals surface area contributed by atoms with E-state index in [-0.39, 0.29) is 50.0 Å². The lowest BCUT2D eigenvalue weighted by molar-refractivity contribution is -0.186. The van der Waals surface area contributed by atoms with Crippen LogP contribution in [0.15, 0.2) is 0 Å². The minimum atomic E-state index is -4.11. The number of ether oxygens (including phenoxy) is 1. The Morgan fingerprint density at radius 3 is 2.00 bits per heavy atom. The van der Waals surface area contributed by atoms with Gasteiger partial charge in [0.15, 0.2) is 0 Å². The highest BCUT2D eigenvalue weighted by molar-refractivity contribution is 5.85. The number of esters is 1. The Labute approximate surface area is 92.6 Å². The van der Waals surface area contributed by atoms with Gasteiger partial charge in [0, 0.05) is 0 Å². The van der Waals surface area contributed by atoms with E-state index >= 15 is 0 Å². The number of carbonyl (C=O) groups is 1. The standard InChI is InChI=1S/C9H13F3O2.ClH/c1-14-8(13)6-2-4-7(5-3-6)9(10,11)12;/h6-7H,2-5H2,1H3;1H. The molecule has 0 saturated heterocycles. The summed E-state index contributed by atoms with van der Waals surface area (Å²) >= 11 is 0. The lowest BCUT2D eigenvalue weighted by atomic mass is 9.82. The van der Waals surface area contributed by atoms with Crippen molar-refractivity contribution < 1.29 is 22.7 Å². The molecule has 0 aliphatic heterocycles. The molecule has 0 aromatic carbocycles. The highest BCUT2D eigenvalue weighted by Crippen LogP contribution is 2.39. The van der Waals surface area contributed by atoms with Crippen LogP contribution in [-0.2, 0) is 9.53 Å². The molecule has 1 rings (SSSR count). The van der Waals surface area contributed by atoms with E-state index in [0.29, 0.717) is 0 Å². The van der Waals surface area contributed by atoms with Gasteiger partial charge in [-0.1, -0.05) is 0 Å². The largest absolute Gasteiger partial charge is 0.469 e. The van der Waals surface area contributed by atoms with Gasteiger partial charge in [-0.25, -0.2) is 0 Å². The zero-order chi connectivity index (χ0) is 10.8. The lowest BCUT2D eigenvalue weighted by Crippen LogP contribution is -2.30. The first-order valence-corrected chi connectivity index (χ1v) is 4.59. The van der Waals surface area contributed by atoms with E-state index < -0.39 is 12.1 Å². The third-order valence-electron chi connectivity index (χ3n) is 2.72. The molecule has 1 aliphatic carbocycles. The van der Waals surface area contributed by atoms with Crippen LogP contribution in [0, 0.1) is 11.8 Å². The minimum absolute atomic E-state index is 0. The van der Waals surface area contributed by atoms with E-state index in [1.165, 1.54) is 7.11 Å². The second-order valence-electron chi connectivity index (χ2n) is 3.61. The van der Waals surface area contributed by atoms with Gasteiger partial charge in [0.25, 0.3) is 0 Å². The highest BCUT2D eigenvalue weighted by atomic mass is 35.5. The van der Waals surface area contributed by atoms with Crippen molar-refractivity contribution >= 4 is 18.4 Å². The summed E-state index contributed by atoms with van der Waals surface area (Å²) in [5.74, 6) is -1.95. The fourth-order valence-electron chi connectivity index (χ4n) is 1.82. The normalized spacial score (nSPS) is 26.7. The number of alkyl halides is 3. The van der Waals surface area contributed by atoms with Crippen LogP contribution in [0.25, 0.3) is 0 Å². The molecule has 0 unspecified atom stereocenters. The first-order chi connectivity index (χ1) is 6.45. The van der Waals surface area contributed by atoms with E-state index in [1.54, 1.807) is 0 Å². The van der Waals surface area contributed by atoms with Crippen molar-refractivity contribution in [2.45, 2.75) is 31.9 Å². The third kappa shape index (κ3) is 3.89. The average Bonchev–Trinajstić information content (AvgIpc) is 2.15. The zero-order valence-electron chi connectivity index (χ0n) is 8.34. The van der Waals surface area contributed by atoms with E-state index in [4.69, 9.17) is 0 Å². The van der Waals surface area contributed by atoms with Crippen LogP contribution in [0.3, 0.4) is 0 Å². The Hall–Kier alpha value is -0.450. The maximum Gasteiger partial charge on any atom is 0.391 e. The molecule has 6 heteroatoms. The van der Waals surface area contributed by atoms with Gasteiger partial charge in [-0.15, -0.1) is 12.4 Å². The van der Waals surface area contributed by atoms with Gasteiger partial charge in [0.2, 0.25) is 0 Å². The number of hydrogen-bond donors (Lipinski definition) is 0. The van der Waals surface area contributed by atoms with Crippen molar-refractivity contribution in [3.8, 4) is 0 Å². The second-order valence-corrected chi connectivity index (χ2v) is 3.61. The van der Waals surface area contributed by atoms with E-state index in [9.17, 15) is 18.0 Å². The first kappa shape index (κ1) is 14.5. The average molecular weight is 247 g/mol. The maximum atomic E-state index is 12.2. The number of hydrogen-bond acceptors (Lipinski definition) is 2. The van der Waals surface area contributed by atoms with Crippen LogP contribution >= 0.6 is 12.4 Å². The van der Waals surface area contributed by atoms with Gasteiger partial charge < -0.3 is 4.74 Å². The molecule has 1 saturated carbocycles. The number of carbonyl (C=O) groups excluding carboxylic acids is 1. The molecule has 90 valence electrons. The summed E-state index contributed by atoms with van der Waals surface area (Å²) < 4.78 is 41.2. The number of rotatable bonds is 1. The van der Waals surface area contributed by atoms with Crippen molar-refractivity contribution in [3.05, 3.63) is 0 Å². The quantitative estimate of drug-likeness (QED) is 0.665. The first-order valence-electron chi connectivity index (χ1n) is 4.59. The molecular weight excluding hydrogens is 233 g/mol. The predicted molar refractivity (Wildman–Crippen MR) is 50.8 cm³/mol. The number of methoxy groups -OCH3 is 1. The smallest absolute Gasteiger partial charge is 0.391 e. The molecule has 0 aromatic heterocycles. The molecule has 2 nitrogen and oxygen atoms in total.